The van der Waals surface area contributed by atoms with Crippen LogP contribution in [-0.2, 0) is 5.75 Å². The molecule has 0 aliphatic rings. The van der Waals surface area contributed by atoms with Crippen molar-refractivity contribution in [2.24, 2.45) is 27.2 Å². The van der Waals surface area contributed by atoms with Crippen molar-refractivity contribution < 1.29 is 4.74 Å². The summed E-state index contributed by atoms with van der Waals surface area (Å²) in [6.07, 6.45) is 0. The zero-order valence-corrected chi connectivity index (χ0v) is 12.9. The molecule has 0 saturated heterocycles. The lowest BCUT2D eigenvalue weighted by Gasteiger charge is -2.03. The molecule has 0 unspecified atom stereocenters. The lowest BCUT2D eigenvalue weighted by Crippen LogP contribution is -2.26. The molecule has 0 saturated carbocycles. The second-order valence-corrected chi connectivity index (χ2v) is 4.78. The van der Waals surface area contributed by atoms with Gasteiger partial charge in [-0.25, -0.2) is 0 Å². The molecule has 0 fully saturated rings. The van der Waals surface area contributed by atoms with Gasteiger partial charge in [0.2, 0.25) is 5.96 Å². The Morgan fingerprint density at radius 2 is 1.85 bits per heavy atom. The fourth-order valence-corrected chi connectivity index (χ4v) is 2.10. The standard InChI is InChI=1S/C12H19N5OS.ClH/c1-18-10-4-2-9(3-5-10)8-19-7-6-16-12(15)17-11(13)14;/h2-5H,6-8H2,1H3,(H6,13,14,15,16,17);1H. The van der Waals surface area contributed by atoms with Crippen molar-refractivity contribution in [3.63, 3.8) is 0 Å². The predicted molar refractivity (Wildman–Crippen MR) is 88.7 cm³/mol. The van der Waals surface area contributed by atoms with E-state index in [9.17, 15) is 0 Å². The van der Waals surface area contributed by atoms with Crippen LogP contribution < -0.4 is 21.9 Å². The molecule has 0 bridgehead atoms. The van der Waals surface area contributed by atoms with E-state index in [2.05, 4.69) is 9.98 Å². The monoisotopic (exact) mass is 317 g/mol. The summed E-state index contributed by atoms with van der Waals surface area (Å²) in [6.45, 7) is 0.587. The van der Waals surface area contributed by atoms with Crippen molar-refractivity contribution in [1.29, 1.82) is 0 Å². The Labute approximate surface area is 129 Å². The molecule has 0 aliphatic heterocycles. The van der Waals surface area contributed by atoms with E-state index in [4.69, 9.17) is 21.9 Å². The Balaban J connectivity index is 0.00000361. The molecule has 0 spiro atoms. The number of rotatable bonds is 6. The van der Waals surface area contributed by atoms with Crippen LogP contribution in [0.2, 0.25) is 0 Å². The van der Waals surface area contributed by atoms with E-state index in [0.717, 1.165) is 17.3 Å². The third kappa shape index (κ3) is 7.75. The first kappa shape index (κ1) is 18.4. The Morgan fingerprint density at radius 3 is 2.40 bits per heavy atom. The van der Waals surface area contributed by atoms with Crippen LogP contribution in [0.5, 0.6) is 5.75 Å². The van der Waals surface area contributed by atoms with Gasteiger partial charge in [0.15, 0.2) is 5.96 Å². The smallest absolute Gasteiger partial charge is 0.218 e. The number of hydrogen-bond acceptors (Lipinski definition) is 3. The van der Waals surface area contributed by atoms with Crippen LogP contribution in [0.1, 0.15) is 5.56 Å². The van der Waals surface area contributed by atoms with E-state index in [0.29, 0.717) is 6.54 Å². The number of hydrogen-bond donors (Lipinski definition) is 3. The van der Waals surface area contributed by atoms with Crippen molar-refractivity contribution in [3.8, 4) is 5.75 Å². The molecule has 1 aromatic carbocycles. The number of guanidine groups is 2. The number of thioether (sulfide) groups is 1. The van der Waals surface area contributed by atoms with Gasteiger partial charge in [0.25, 0.3) is 0 Å². The summed E-state index contributed by atoms with van der Waals surface area (Å²) in [6, 6.07) is 7.99. The van der Waals surface area contributed by atoms with Gasteiger partial charge in [-0.1, -0.05) is 12.1 Å². The third-order valence-corrected chi connectivity index (χ3v) is 3.19. The summed E-state index contributed by atoms with van der Waals surface area (Å²) in [7, 11) is 1.66. The van der Waals surface area contributed by atoms with Crippen molar-refractivity contribution in [3.05, 3.63) is 29.8 Å². The normalized spacial score (nSPS) is 10.6. The molecule has 1 aromatic rings. The molecule has 112 valence electrons. The first-order valence-electron chi connectivity index (χ1n) is 5.72. The van der Waals surface area contributed by atoms with Gasteiger partial charge < -0.3 is 21.9 Å². The van der Waals surface area contributed by atoms with E-state index < -0.39 is 0 Å². The lowest BCUT2D eigenvalue weighted by atomic mass is 10.2. The van der Waals surface area contributed by atoms with Crippen molar-refractivity contribution in [1.82, 2.24) is 0 Å². The molecule has 6 nitrogen and oxygen atoms in total. The van der Waals surface area contributed by atoms with Gasteiger partial charge in [0.05, 0.1) is 13.7 Å². The second-order valence-electron chi connectivity index (χ2n) is 3.68. The van der Waals surface area contributed by atoms with Crippen LogP contribution in [0.25, 0.3) is 0 Å². The summed E-state index contributed by atoms with van der Waals surface area (Å²) < 4.78 is 5.10. The molecule has 0 atom stereocenters. The van der Waals surface area contributed by atoms with Gasteiger partial charge in [-0.2, -0.15) is 16.8 Å². The average molecular weight is 318 g/mol. The number of ether oxygens (including phenoxy) is 1. The van der Waals surface area contributed by atoms with Crippen LogP contribution in [0, 0.1) is 0 Å². The van der Waals surface area contributed by atoms with Gasteiger partial charge in [0.1, 0.15) is 5.75 Å². The van der Waals surface area contributed by atoms with Crippen LogP contribution >= 0.6 is 24.2 Å². The van der Waals surface area contributed by atoms with E-state index >= 15 is 0 Å². The van der Waals surface area contributed by atoms with Gasteiger partial charge >= 0.3 is 0 Å². The molecule has 6 N–H and O–H groups in total. The van der Waals surface area contributed by atoms with E-state index in [1.54, 1.807) is 18.9 Å². The van der Waals surface area contributed by atoms with Crippen LogP contribution in [0.4, 0.5) is 0 Å². The summed E-state index contributed by atoms with van der Waals surface area (Å²) >= 11 is 1.77. The number of nitrogens with zero attached hydrogens (tertiary/aromatic N) is 2. The van der Waals surface area contributed by atoms with Gasteiger partial charge in [-0.05, 0) is 17.7 Å². The Bertz CT molecular complexity index is 446. The predicted octanol–water partition coefficient (Wildman–Crippen LogP) is 0.938. The Kier molecular flexibility index (Phi) is 9.40. The quantitative estimate of drug-likeness (QED) is 0.410. The minimum Gasteiger partial charge on any atom is -0.497 e. The molecule has 8 heteroatoms. The maximum atomic E-state index is 5.48. The summed E-state index contributed by atoms with van der Waals surface area (Å²) in [5.74, 6) is 2.68. The van der Waals surface area contributed by atoms with Crippen LogP contribution in [0.15, 0.2) is 34.3 Å². The van der Waals surface area contributed by atoms with Gasteiger partial charge in [0, 0.05) is 11.5 Å². The highest BCUT2D eigenvalue weighted by molar-refractivity contribution is 7.98. The molecule has 1 rings (SSSR count). The molecule has 0 amide bonds. The highest BCUT2D eigenvalue weighted by atomic mass is 35.5. The number of methoxy groups -OCH3 is 1. The molecule has 0 radical (unpaired) electrons. The lowest BCUT2D eigenvalue weighted by molar-refractivity contribution is 0.414. The molecular weight excluding hydrogens is 298 g/mol. The Morgan fingerprint density at radius 1 is 1.20 bits per heavy atom. The highest BCUT2D eigenvalue weighted by Gasteiger charge is 1.95. The van der Waals surface area contributed by atoms with E-state index in [1.807, 2.05) is 24.3 Å². The van der Waals surface area contributed by atoms with Crippen molar-refractivity contribution in [2.75, 3.05) is 19.4 Å². The first-order valence-corrected chi connectivity index (χ1v) is 6.87. The van der Waals surface area contributed by atoms with Crippen molar-refractivity contribution in [2.45, 2.75) is 5.75 Å². The maximum absolute atomic E-state index is 5.48. The average Bonchev–Trinajstić information content (AvgIpc) is 2.38. The van der Waals surface area contributed by atoms with Gasteiger partial charge in [-0.3, -0.25) is 4.99 Å². The zero-order valence-electron chi connectivity index (χ0n) is 11.3. The molecule has 20 heavy (non-hydrogen) atoms. The number of benzene rings is 1. The fourth-order valence-electron chi connectivity index (χ4n) is 1.30. The largest absolute Gasteiger partial charge is 0.497 e. The van der Waals surface area contributed by atoms with Crippen LogP contribution in [0.3, 0.4) is 0 Å². The van der Waals surface area contributed by atoms with Crippen LogP contribution in [-0.4, -0.2) is 31.3 Å². The van der Waals surface area contributed by atoms with E-state index in [1.165, 1.54) is 5.56 Å². The summed E-state index contributed by atoms with van der Waals surface area (Å²) in [4.78, 5) is 7.66. The SMILES string of the molecule is COc1ccc(CSCCN=C(N)N=C(N)N)cc1.Cl. The number of halogens is 1. The topological polar surface area (TPSA) is 112 Å². The molecule has 0 heterocycles. The van der Waals surface area contributed by atoms with E-state index in [-0.39, 0.29) is 24.3 Å². The van der Waals surface area contributed by atoms with Crippen molar-refractivity contribution >= 4 is 36.1 Å². The number of nitrogens with two attached hydrogens (primary N) is 3. The number of aliphatic imine (C=N–C) groups is 2. The maximum Gasteiger partial charge on any atom is 0.218 e. The second kappa shape index (κ2) is 10.2. The first-order chi connectivity index (χ1) is 9.11. The fraction of sp³-hybridized carbons (Fsp3) is 0.333. The summed E-state index contributed by atoms with van der Waals surface area (Å²) in [5, 5.41) is 0. The highest BCUT2D eigenvalue weighted by Crippen LogP contribution is 2.16. The molecule has 0 aliphatic carbocycles. The zero-order chi connectivity index (χ0) is 14.1. The molecule has 0 aromatic heterocycles. The summed E-state index contributed by atoms with van der Waals surface area (Å²) in [5.41, 5.74) is 17.1. The Hall–Kier alpha value is -1.60. The minimum absolute atomic E-state index is 0. The third-order valence-electron chi connectivity index (χ3n) is 2.18. The minimum atomic E-state index is -0.0767. The van der Waals surface area contributed by atoms with Gasteiger partial charge in [-0.15, -0.1) is 12.4 Å². The molecular formula is C12H20ClN5OS.